The van der Waals surface area contributed by atoms with Gasteiger partial charge in [-0.25, -0.2) is 12.8 Å². The Labute approximate surface area is 147 Å². The van der Waals surface area contributed by atoms with Gasteiger partial charge in [0, 0.05) is 13.1 Å². The lowest BCUT2D eigenvalue weighted by Crippen LogP contribution is -2.39. The molecule has 0 unspecified atom stereocenters. The number of hydrogen-bond acceptors (Lipinski definition) is 3. The average Bonchev–Trinajstić information content (AvgIpc) is 2.53. The van der Waals surface area contributed by atoms with E-state index in [1.807, 2.05) is 31.2 Å². The topological polar surface area (TPSA) is 66.5 Å². The quantitative estimate of drug-likeness (QED) is 0.819. The molecule has 134 valence electrons. The molecule has 2 aromatic carbocycles. The molecule has 0 radical (unpaired) electrons. The Hall–Kier alpha value is -2.25. The summed E-state index contributed by atoms with van der Waals surface area (Å²) in [4.78, 5) is 12.1. The minimum Gasteiger partial charge on any atom is -0.351 e. The fourth-order valence-electron chi connectivity index (χ4n) is 2.32. The number of halogens is 1. The number of nitrogens with zero attached hydrogens (tertiary/aromatic N) is 1. The summed E-state index contributed by atoms with van der Waals surface area (Å²) in [5.74, 6) is -0.765. The summed E-state index contributed by atoms with van der Waals surface area (Å²) in [5, 5.41) is 2.65. The van der Waals surface area contributed by atoms with Crippen LogP contribution in [-0.4, -0.2) is 31.4 Å². The number of rotatable bonds is 7. The van der Waals surface area contributed by atoms with Crippen molar-refractivity contribution in [1.82, 2.24) is 9.62 Å². The highest BCUT2D eigenvalue weighted by Gasteiger charge is 2.20. The predicted octanol–water partition coefficient (Wildman–Crippen LogP) is 2.21. The van der Waals surface area contributed by atoms with Crippen LogP contribution in [0.15, 0.2) is 48.5 Å². The van der Waals surface area contributed by atoms with Crippen molar-refractivity contribution < 1.29 is 17.6 Å². The molecule has 5 nitrogen and oxygen atoms in total. The first kappa shape index (κ1) is 19.1. The molecule has 0 aromatic heterocycles. The first-order valence-corrected chi connectivity index (χ1v) is 9.60. The minimum absolute atomic E-state index is 0.129. The second kappa shape index (κ2) is 8.22. The van der Waals surface area contributed by atoms with Crippen LogP contribution < -0.4 is 5.32 Å². The summed E-state index contributed by atoms with van der Waals surface area (Å²) < 4.78 is 37.9. The molecule has 0 bridgehead atoms. The fraction of sp³-hybridized carbons (Fsp3) is 0.278. The highest BCUT2D eigenvalue weighted by Crippen LogP contribution is 2.10. The highest BCUT2D eigenvalue weighted by molar-refractivity contribution is 7.88. The number of amides is 1. The Bertz CT molecular complexity index is 836. The van der Waals surface area contributed by atoms with Crippen LogP contribution in [0.1, 0.15) is 16.7 Å². The first-order chi connectivity index (χ1) is 11.7. The summed E-state index contributed by atoms with van der Waals surface area (Å²) in [6.07, 6.45) is 1.08. The van der Waals surface area contributed by atoms with Gasteiger partial charge in [-0.05, 0) is 30.2 Å². The lowest BCUT2D eigenvalue weighted by atomic mass is 10.1. The third-order valence-electron chi connectivity index (χ3n) is 3.63. The zero-order valence-corrected chi connectivity index (χ0v) is 15.0. The molecule has 0 heterocycles. The van der Waals surface area contributed by atoms with Gasteiger partial charge in [-0.15, -0.1) is 0 Å². The lowest BCUT2D eigenvalue weighted by Gasteiger charge is -2.20. The van der Waals surface area contributed by atoms with Gasteiger partial charge in [0.25, 0.3) is 0 Å². The molecule has 1 N–H and O–H groups in total. The maximum atomic E-state index is 12.9. The van der Waals surface area contributed by atoms with E-state index in [9.17, 15) is 17.6 Å². The molecule has 7 heteroatoms. The van der Waals surface area contributed by atoms with E-state index in [1.165, 1.54) is 12.1 Å². The van der Waals surface area contributed by atoms with Crippen molar-refractivity contribution in [3.8, 4) is 0 Å². The van der Waals surface area contributed by atoms with Gasteiger partial charge in [0.05, 0.1) is 12.8 Å². The van der Waals surface area contributed by atoms with Gasteiger partial charge in [-0.3, -0.25) is 4.79 Å². The zero-order chi connectivity index (χ0) is 18.4. The van der Waals surface area contributed by atoms with E-state index in [0.717, 1.165) is 27.3 Å². The van der Waals surface area contributed by atoms with E-state index in [4.69, 9.17) is 0 Å². The SMILES string of the molecule is Cc1cccc(CN(CC(=O)NCc2ccc(F)cc2)S(C)(=O)=O)c1. The van der Waals surface area contributed by atoms with Crippen LogP contribution >= 0.6 is 0 Å². The van der Waals surface area contributed by atoms with E-state index in [0.29, 0.717) is 0 Å². The van der Waals surface area contributed by atoms with Crippen LogP contribution in [0.3, 0.4) is 0 Å². The van der Waals surface area contributed by atoms with Gasteiger partial charge >= 0.3 is 0 Å². The van der Waals surface area contributed by atoms with Crippen LogP contribution in [0.5, 0.6) is 0 Å². The molecule has 1 amide bonds. The normalized spacial score (nSPS) is 11.5. The molecular weight excluding hydrogens is 343 g/mol. The van der Waals surface area contributed by atoms with Gasteiger partial charge in [0.1, 0.15) is 5.82 Å². The molecule has 0 aliphatic rings. The Morgan fingerprint density at radius 2 is 1.80 bits per heavy atom. The number of sulfonamides is 1. The van der Waals surface area contributed by atoms with Crippen LogP contribution in [0.2, 0.25) is 0 Å². The minimum atomic E-state index is -3.54. The number of hydrogen-bond donors (Lipinski definition) is 1. The molecule has 0 aliphatic heterocycles. The molecule has 0 atom stereocenters. The lowest BCUT2D eigenvalue weighted by molar-refractivity contribution is -0.121. The number of aryl methyl sites for hydroxylation is 1. The van der Waals surface area contributed by atoms with Crippen LogP contribution in [-0.2, 0) is 27.9 Å². The Morgan fingerprint density at radius 3 is 2.40 bits per heavy atom. The number of nitrogens with one attached hydrogen (secondary N) is 1. The van der Waals surface area contributed by atoms with Crippen molar-refractivity contribution in [3.05, 3.63) is 71.0 Å². The Balaban J connectivity index is 1.99. The predicted molar refractivity (Wildman–Crippen MR) is 94.7 cm³/mol. The standard InChI is InChI=1S/C18H21FN2O3S/c1-14-4-3-5-16(10-14)12-21(25(2,23)24)13-18(22)20-11-15-6-8-17(19)9-7-15/h3-10H,11-13H2,1-2H3,(H,20,22). The fourth-order valence-corrected chi connectivity index (χ4v) is 3.06. The average molecular weight is 364 g/mol. The van der Waals surface area contributed by atoms with Gasteiger partial charge in [0.2, 0.25) is 15.9 Å². The smallest absolute Gasteiger partial charge is 0.235 e. The second-order valence-electron chi connectivity index (χ2n) is 5.92. The van der Waals surface area contributed by atoms with Gasteiger partial charge < -0.3 is 5.32 Å². The maximum Gasteiger partial charge on any atom is 0.235 e. The third-order valence-corrected chi connectivity index (χ3v) is 4.83. The maximum absolute atomic E-state index is 12.9. The Kier molecular flexibility index (Phi) is 6.27. The van der Waals surface area contributed by atoms with Crippen molar-refractivity contribution in [2.24, 2.45) is 0 Å². The van der Waals surface area contributed by atoms with Gasteiger partial charge in [0.15, 0.2) is 0 Å². The molecule has 0 saturated carbocycles. The zero-order valence-electron chi connectivity index (χ0n) is 14.2. The molecule has 2 aromatic rings. The molecule has 2 rings (SSSR count). The molecule has 0 saturated heterocycles. The second-order valence-corrected chi connectivity index (χ2v) is 7.91. The van der Waals surface area contributed by atoms with E-state index in [1.54, 1.807) is 12.1 Å². The number of carbonyl (C=O) groups is 1. The van der Waals surface area contributed by atoms with E-state index in [2.05, 4.69) is 5.32 Å². The third kappa shape index (κ3) is 6.28. The van der Waals surface area contributed by atoms with Crippen molar-refractivity contribution in [3.63, 3.8) is 0 Å². The summed E-state index contributed by atoms with van der Waals surface area (Å²) in [5.41, 5.74) is 2.57. The van der Waals surface area contributed by atoms with Crippen molar-refractivity contribution in [2.45, 2.75) is 20.0 Å². The molecule has 0 aliphatic carbocycles. The van der Waals surface area contributed by atoms with Gasteiger partial charge in [-0.1, -0.05) is 42.0 Å². The molecule has 25 heavy (non-hydrogen) atoms. The van der Waals surface area contributed by atoms with Crippen LogP contribution in [0, 0.1) is 12.7 Å². The van der Waals surface area contributed by atoms with E-state index < -0.39 is 15.9 Å². The molecule has 0 fully saturated rings. The molecule has 0 spiro atoms. The van der Waals surface area contributed by atoms with Crippen LogP contribution in [0.25, 0.3) is 0 Å². The van der Waals surface area contributed by atoms with Crippen molar-refractivity contribution in [1.29, 1.82) is 0 Å². The van der Waals surface area contributed by atoms with E-state index >= 15 is 0 Å². The first-order valence-electron chi connectivity index (χ1n) is 7.76. The summed E-state index contributed by atoms with van der Waals surface area (Å²) in [6, 6.07) is 13.2. The summed E-state index contributed by atoms with van der Waals surface area (Å²) >= 11 is 0. The highest BCUT2D eigenvalue weighted by atomic mass is 32.2. The Morgan fingerprint density at radius 1 is 1.12 bits per heavy atom. The largest absolute Gasteiger partial charge is 0.351 e. The molecular formula is C18H21FN2O3S. The van der Waals surface area contributed by atoms with Gasteiger partial charge in [-0.2, -0.15) is 4.31 Å². The summed E-state index contributed by atoms with van der Waals surface area (Å²) in [7, 11) is -3.54. The number of benzene rings is 2. The summed E-state index contributed by atoms with van der Waals surface area (Å²) in [6.45, 7) is 1.99. The van der Waals surface area contributed by atoms with Crippen molar-refractivity contribution >= 4 is 15.9 Å². The van der Waals surface area contributed by atoms with Crippen LogP contribution in [0.4, 0.5) is 4.39 Å². The number of carbonyl (C=O) groups excluding carboxylic acids is 1. The van der Waals surface area contributed by atoms with Crippen molar-refractivity contribution in [2.75, 3.05) is 12.8 Å². The monoisotopic (exact) mass is 364 g/mol. The van der Waals surface area contributed by atoms with E-state index in [-0.39, 0.29) is 25.5 Å².